The van der Waals surface area contributed by atoms with Crippen molar-refractivity contribution < 1.29 is 23.6 Å². The van der Waals surface area contributed by atoms with Crippen molar-refractivity contribution in [1.82, 2.24) is 0 Å². The van der Waals surface area contributed by atoms with Gasteiger partial charge in [-0.15, -0.1) is 0 Å². The number of halogens is 1. The minimum atomic E-state index is -0.651. The van der Waals surface area contributed by atoms with E-state index in [0.29, 0.717) is 11.4 Å². The molecular weight excluding hydrogens is 353 g/mol. The van der Waals surface area contributed by atoms with Crippen LogP contribution in [0.15, 0.2) is 42.5 Å². The van der Waals surface area contributed by atoms with Gasteiger partial charge in [0, 0.05) is 31.0 Å². The molecule has 1 aliphatic heterocycles. The summed E-state index contributed by atoms with van der Waals surface area (Å²) < 4.78 is 13.9. The van der Waals surface area contributed by atoms with Crippen molar-refractivity contribution in [1.29, 1.82) is 0 Å². The van der Waals surface area contributed by atoms with E-state index in [1.54, 1.807) is 0 Å². The number of anilines is 3. The number of hydrogen-bond acceptors (Lipinski definition) is 4. The Morgan fingerprint density at radius 1 is 0.963 bits per heavy atom. The molecule has 0 saturated carbocycles. The van der Waals surface area contributed by atoms with E-state index in [0.717, 1.165) is 11.0 Å². The van der Waals surface area contributed by atoms with Crippen LogP contribution in [0.25, 0.3) is 0 Å². The third-order valence-electron chi connectivity index (χ3n) is 3.97. The molecule has 2 N–H and O–H groups in total. The predicted molar refractivity (Wildman–Crippen MR) is 96.8 cm³/mol. The Kier molecular flexibility index (Phi) is 4.98. The Labute approximate surface area is 154 Å². The van der Waals surface area contributed by atoms with Crippen LogP contribution in [0.1, 0.15) is 30.1 Å². The smallest absolute Gasteiger partial charge is 0.255 e. The van der Waals surface area contributed by atoms with Crippen molar-refractivity contribution in [2.45, 2.75) is 19.8 Å². The third kappa shape index (κ3) is 4.00. The van der Waals surface area contributed by atoms with Gasteiger partial charge >= 0.3 is 0 Å². The van der Waals surface area contributed by atoms with Crippen molar-refractivity contribution >= 4 is 40.7 Å². The molecule has 8 heteroatoms. The van der Waals surface area contributed by atoms with Crippen LogP contribution in [0.3, 0.4) is 0 Å². The summed E-state index contributed by atoms with van der Waals surface area (Å²) in [5, 5.41) is 4.94. The van der Waals surface area contributed by atoms with Gasteiger partial charge in [-0.3, -0.25) is 24.1 Å². The summed E-state index contributed by atoms with van der Waals surface area (Å²) in [6, 6.07) is 9.68. The molecule has 1 fully saturated rings. The van der Waals surface area contributed by atoms with E-state index in [2.05, 4.69) is 10.6 Å². The average molecular weight is 369 g/mol. The zero-order valence-corrected chi connectivity index (χ0v) is 14.4. The standard InChI is InChI=1S/C19H16FN3O4/c1-11(24)21-13-4-7-15(20)16(10-13)22-19(27)12-2-5-14(6-3-12)23-17(25)8-9-18(23)26/h2-7,10H,8-9H2,1H3,(H,21,24)(H,22,27). The fraction of sp³-hybridized carbons (Fsp3) is 0.158. The molecular formula is C19H16FN3O4. The normalized spacial score (nSPS) is 13.6. The molecule has 0 atom stereocenters. The summed E-state index contributed by atoms with van der Waals surface area (Å²) in [7, 11) is 0. The lowest BCUT2D eigenvalue weighted by molar-refractivity contribution is -0.121. The highest BCUT2D eigenvalue weighted by Gasteiger charge is 2.30. The van der Waals surface area contributed by atoms with Gasteiger partial charge in [0.05, 0.1) is 11.4 Å². The Bertz CT molecular complexity index is 924. The highest BCUT2D eigenvalue weighted by molar-refractivity contribution is 6.20. The molecule has 4 amide bonds. The van der Waals surface area contributed by atoms with Gasteiger partial charge in [-0.25, -0.2) is 4.39 Å². The van der Waals surface area contributed by atoms with E-state index in [9.17, 15) is 23.6 Å². The van der Waals surface area contributed by atoms with Crippen LogP contribution in [-0.4, -0.2) is 23.6 Å². The summed E-state index contributed by atoms with van der Waals surface area (Å²) >= 11 is 0. The zero-order valence-electron chi connectivity index (χ0n) is 14.4. The van der Waals surface area contributed by atoms with E-state index in [1.807, 2.05) is 0 Å². The third-order valence-corrected chi connectivity index (χ3v) is 3.97. The lowest BCUT2D eigenvalue weighted by atomic mass is 10.1. The van der Waals surface area contributed by atoms with Crippen molar-refractivity contribution in [3.8, 4) is 0 Å². The van der Waals surface area contributed by atoms with Gasteiger partial charge in [-0.1, -0.05) is 0 Å². The van der Waals surface area contributed by atoms with E-state index >= 15 is 0 Å². The second-order valence-corrected chi connectivity index (χ2v) is 6.00. The van der Waals surface area contributed by atoms with Crippen LogP contribution in [-0.2, 0) is 14.4 Å². The van der Waals surface area contributed by atoms with Gasteiger partial charge in [0.1, 0.15) is 5.82 Å². The lowest BCUT2D eigenvalue weighted by Gasteiger charge is -2.14. The maximum atomic E-state index is 13.9. The fourth-order valence-electron chi connectivity index (χ4n) is 2.72. The first-order valence-electron chi connectivity index (χ1n) is 8.19. The Morgan fingerprint density at radius 2 is 1.59 bits per heavy atom. The molecule has 0 bridgehead atoms. The molecule has 27 heavy (non-hydrogen) atoms. The number of carbonyl (C=O) groups excluding carboxylic acids is 4. The minimum Gasteiger partial charge on any atom is -0.326 e. The van der Waals surface area contributed by atoms with Crippen molar-refractivity contribution in [3.05, 3.63) is 53.8 Å². The maximum Gasteiger partial charge on any atom is 0.255 e. The lowest BCUT2D eigenvalue weighted by Crippen LogP contribution is -2.28. The van der Waals surface area contributed by atoms with Crippen LogP contribution < -0.4 is 15.5 Å². The number of imide groups is 1. The number of benzene rings is 2. The van der Waals surface area contributed by atoms with Crippen LogP contribution in [0.5, 0.6) is 0 Å². The summed E-state index contributed by atoms with van der Waals surface area (Å²) in [6.45, 7) is 1.32. The quantitative estimate of drug-likeness (QED) is 0.810. The monoisotopic (exact) mass is 369 g/mol. The SMILES string of the molecule is CC(=O)Nc1ccc(F)c(NC(=O)c2ccc(N3C(=O)CCC3=O)cc2)c1. The molecule has 0 aromatic heterocycles. The molecule has 7 nitrogen and oxygen atoms in total. The Balaban J connectivity index is 1.76. The second-order valence-electron chi connectivity index (χ2n) is 6.00. The van der Waals surface area contributed by atoms with E-state index < -0.39 is 11.7 Å². The van der Waals surface area contributed by atoms with E-state index in [-0.39, 0.29) is 41.8 Å². The van der Waals surface area contributed by atoms with Gasteiger partial charge in [-0.05, 0) is 42.5 Å². The number of amides is 4. The topological polar surface area (TPSA) is 95.6 Å². The largest absolute Gasteiger partial charge is 0.326 e. The second kappa shape index (κ2) is 7.36. The summed E-state index contributed by atoms with van der Waals surface area (Å²) in [5.74, 6) is -2.11. The predicted octanol–water partition coefficient (Wildman–Crippen LogP) is 2.69. The minimum absolute atomic E-state index is 0.0831. The Morgan fingerprint density at radius 3 is 2.19 bits per heavy atom. The highest BCUT2D eigenvalue weighted by Crippen LogP contribution is 2.24. The molecule has 0 spiro atoms. The molecule has 0 radical (unpaired) electrons. The molecule has 2 aromatic carbocycles. The first-order valence-corrected chi connectivity index (χ1v) is 8.19. The summed E-state index contributed by atoms with van der Waals surface area (Å²) in [6.07, 6.45) is 0.343. The first kappa shape index (κ1) is 18.2. The number of nitrogens with one attached hydrogen (secondary N) is 2. The molecule has 0 aliphatic carbocycles. The first-order chi connectivity index (χ1) is 12.8. The molecule has 1 aliphatic rings. The van der Waals surface area contributed by atoms with Crippen LogP contribution in [0, 0.1) is 5.82 Å². The van der Waals surface area contributed by atoms with Crippen LogP contribution >= 0.6 is 0 Å². The summed E-state index contributed by atoms with van der Waals surface area (Å²) in [5.41, 5.74) is 0.876. The van der Waals surface area contributed by atoms with Crippen molar-refractivity contribution in [2.75, 3.05) is 15.5 Å². The number of rotatable bonds is 4. The molecule has 138 valence electrons. The van der Waals surface area contributed by atoms with Crippen molar-refractivity contribution in [2.24, 2.45) is 0 Å². The number of hydrogen-bond donors (Lipinski definition) is 2. The zero-order chi connectivity index (χ0) is 19.6. The van der Waals surface area contributed by atoms with Gasteiger partial charge in [-0.2, -0.15) is 0 Å². The van der Waals surface area contributed by atoms with Gasteiger partial charge in [0.15, 0.2) is 0 Å². The Hall–Kier alpha value is -3.55. The van der Waals surface area contributed by atoms with Crippen LogP contribution in [0.2, 0.25) is 0 Å². The van der Waals surface area contributed by atoms with Gasteiger partial charge in [0.2, 0.25) is 17.7 Å². The molecule has 0 unspecified atom stereocenters. The fourth-order valence-corrected chi connectivity index (χ4v) is 2.72. The summed E-state index contributed by atoms with van der Waals surface area (Å²) in [4.78, 5) is 48.0. The van der Waals surface area contributed by atoms with E-state index in [1.165, 1.54) is 43.3 Å². The number of carbonyl (C=O) groups is 4. The van der Waals surface area contributed by atoms with E-state index in [4.69, 9.17) is 0 Å². The highest BCUT2D eigenvalue weighted by atomic mass is 19.1. The van der Waals surface area contributed by atoms with Crippen molar-refractivity contribution in [3.63, 3.8) is 0 Å². The molecule has 3 rings (SSSR count). The molecule has 1 saturated heterocycles. The average Bonchev–Trinajstić information content (AvgIpc) is 2.96. The maximum absolute atomic E-state index is 13.9. The van der Waals surface area contributed by atoms with Crippen LogP contribution in [0.4, 0.5) is 21.5 Å². The number of nitrogens with zero attached hydrogens (tertiary/aromatic N) is 1. The van der Waals surface area contributed by atoms with Gasteiger partial charge in [0.25, 0.3) is 5.91 Å². The molecule has 1 heterocycles. The van der Waals surface area contributed by atoms with Gasteiger partial charge < -0.3 is 10.6 Å². The molecule has 2 aromatic rings.